The molecule has 0 spiro atoms. The number of hydrogen-bond acceptors (Lipinski definition) is 6. The Morgan fingerprint density at radius 2 is 1.90 bits per heavy atom. The van der Waals surface area contributed by atoms with Crippen LogP contribution in [0, 0.1) is 0 Å². The minimum atomic E-state index is -2.57. The number of nitrogens with zero attached hydrogens (tertiary/aromatic N) is 3. The molecule has 1 aliphatic rings. The van der Waals surface area contributed by atoms with E-state index in [4.69, 9.17) is 9.47 Å². The van der Waals surface area contributed by atoms with Gasteiger partial charge in [-0.15, -0.1) is 0 Å². The number of ether oxygens (including phenoxy) is 2. The minimum absolute atomic E-state index is 0.249. The van der Waals surface area contributed by atoms with Crippen LogP contribution >= 0.6 is 11.8 Å². The summed E-state index contributed by atoms with van der Waals surface area (Å²) >= 11 is 0.424. The van der Waals surface area contributed by atoms with Crippen LogP contribution in [0.15, 0.2) is 41.6 Å². The van der Waals surface area contributed by atoms with Gasteiger partial charge in [-0.1, -0.05) is 12.1 Å². The molecule has 0 bridgehead atoms. The van der Waals surface area contributed by atoms with Gasteiger partial charge in [-0.2, -0.15) is 8.78 Å². The summed E-state index contributed by atoms with van der Waals surface area (Å²) < 4.78 is 38.8. The van der Waals surface area contributed by atoms with E-state index in [-0.39, 0.29) is 5.16 Å². The summed E-state index contributed by atoms with van der Waals surface area (Å²) in [6.07, 6.45) is -0.787. The number of fused-ring (bicyclic) bond motifs is 2. The van der Waals surface area contributed by atoms with Crippen LogP contribution in [0.1, 0.15) is 17.2 Å². The summed E-state index contributed by atoms with van der Waals surface area (Å²) in [5, 5.41) is 11.0. The standard InChI is InChI=1S/C20H21F2N3O3S/c1-27-16-7-8-17(28-2)18-12(16)9-24(10-15(18)26)11-25-14-6-4-3-5-13(14)23-20(25)29-19(21)22/h3-8,15,19,26H,9-11H2,1-2H3/t15-/m1/s1. The lowest BCUT2D eigenvalue weighted by molar-refractivity contribution is 0.0693. The van der Waals surface area contributed by atoms with Crippen LogP contribution in [0.5, 0.6) is 11.5 Å². The van der Waals surface area contributed by atoms with E-state index in [1.165, 1.54) is 0 Å². The average Bonchev–Trinajstić information content (AvgIpc) is 3.03. The number of alkyl halides is 2. The molecule has 2 aromatic carbocycles. The zero-order valence-corrected chi connectivity index (χ0v) is 16.8. The summed E-state index contributed by atoms with van der Waals surface area (Å²) in [6.45, 7) is 1.13. The second kappa shape index (κ2) is 8.17. The van der Waals surface area contributed by atoms with Crippen LogP contribution in [-0.4, -0.2) is 46.1 Å². The number of hydrogen-bond donors (Lipinski definition) is 1. The smallest absolute Gasteiger partial charge is 0.291 e. The van der Waals surface area contributed by atoms with Crippen LogP contribution in [0.4, 0.5) is 8.78 Å². The topological polar surface area (TPSA) is 59.8 Å². The quantitative estimate of drug-likeness (QED) is 0.610. The van der Waals surface area contributed by atoms with Gasteiger partial charge in [-0.05, 0) is 36.0 Å². The molecule has 1 aliphatic heterocycles. The van der Waals surface area contributed by atoms with Gasteiger partial charge in [0.15, 0.2) is 5.16 Å². The Morgan fingerprint density at radius 1 is 1.17 bits per heavy atom. The molecule has 2 heterocycles. The maximum absolute atomic E-state index is 13.1. The molecule has 154 valence electrons. The summed E-state index contributed by atoms with van der Waals surface area (Å²) in [5.41, 5.74) is 2.97. The maximum atomic E-state index is 13.1. The lowest BCUT2D eigenvalue weighted by Crippen LogP contribution is -2.35. The van der Waals surface area contributed by atoms with E-state index in [1.54, 1.807) is 37.0 Å². The number of imidazole rings is 1. The fourth-order valence-electron chi connectivity index (χ4n) is 3.81. The van der Waals surface area contributed by atoms with E-state index in [9.17, 15) is 13.9 Å². The Hall–Kier alpha value is -2.36. The van der Waals surface area contributed by atoms with Crippen molar-refractivity contribution >= 4 is 22.8 Å². The Kier molecular flexibility index (Phi) is 5.62. The Bertz CT molecular complexity index is 1030. The van der Waals surface area contributed by atoms with Gasteiger partial charge < -0.3 is 19.1 Å². The van der Waals surface area contributed by atoms with Crippen molar-refractivity contribution in [1.82, 2.24) is 14.5 Å². The molecule has 29 heavy (non-hydrogen) atoms. The number of para-hydroxylation sites is 2. The highest BCUT2D eigenvalue weighted by Crippen LogP contribution is 2.40. The first kappa shape index (κ1) is 19.9. The third-order valence-electron chi connectivity index (χ3n) is 5.02. The molecule has 0 saturated heterocycles. The molecule has 1 atom stereocenters. The van der Waals surface area contributed by atoms with Crippen molar-refractivity contribution in [2.45, 2.75) is 30.2 Å². The minimum Gasteiger partial charge on any atom is -0.496 e. The molecular weight excluding hydrogens is 400 g/mol. The van der Waals surface area contributed by atoms with Crippen molar-refractivity contribution < 1.29 is 23.4 Å². The summed E-state index contributed by atoms with van der Waals surface area (Å²) in [6, 6.07) is 10.9. The highest BCUT2D eigenvalue weighted by Gasteiger charge is 2.30. The van der Waals surface area contributed by atoms with E-state index < -0.39 is 11.9 Å². The zero-order chi connectivity index (χ0) is 20.5. The van der Waals surface area contributed by atoms with E-state index >= 15 is 0 Å². The summed E-state index contributed by atoms with van der Waals surface area (Å²) in [7, 11) is 3.14. The molecule has 9 heteroatoms. The Balaban J connectivity index is 1.70. The molecule has 4 rings (SSSR count). The first-order valence-corrected chi connectivity index (χ1v) is 9.94. The van der Waals surface area contributed by atoms with Crippen LogP contribution in [0.3, 0.4) is 0 Å². The number of rotatable bonds is 6. The summed E-state index contributed by atoms with van der Waals surface area (Å²) in [5.74, 6) is -1.31. The molecule has 0 saturated carbocycles. The van der Waals surface area contributed by atoms with Crippen LogP contribution < -0.4 is 9.47 Å². The molecule has 0 radical (unpaired) electrons. The number of aliphatic hydroxyl groups is 1. The number of halogens is 2. The van der Waals surface area contributed by atoms with Crippen molar-refractivity contribution in [1.29, 1.82) is 0 Å². The molecule has 3 aromatic rings. The van der Waals surface area contributed by atoms with Gasteiger partial charge in [-0.25, -0.2) is 4.98 Å². The van der Waals surface area contributed by atoms with E-state index in [2.05, 4.69) is 4.98 Å². The molecule has 0 amide bonds. The first-order valence-electron chi connectivity index (χ1n) is 9.06. The number of methoxy groups -OCH3 is 2. The molecule has 0 aliphatic carbocycles. The fraction of sp³-hybridized carbons (Fsp3) is 0.350. The predicted molar refractivity (Wildman–Crippen MR) is 107 cm³/mol. The highest BCUT2D eigenvalue weighted by atomic mass is 32.2. The van der Waals surface area contributed by atoms with Gasteiger partial charge in [0.05, 0.1) is 38.0 Å². The van der Waals surface area contributed by atoms with Crippen LogP contribution in [0.2, 0.25) is 0 Å². The Morgan fingerprint density at radius 3 is 2.62 bits per heavy atom. The van der Waals surface area contributed by atoms with Crippen molar-refractivity contribution in [2.75, 3.05) is 20.8 Å². The maximum Gasteiger partial charge on any atom is 0.291 e. The molecule has 1 N–H and O–H groups in total. The highest BCUT2D eigenvalue weighted by molar-refractivity contribution is 7.99. The van der Waals surface area contributed by atoms with Crippen molar-refractivity contribution in [2.24, 2.45) is 0 Å². The lowest BCUT2D eigenvalue weighted by atomic mass is 9.95. The number of benzene rings is 2. The SMILES string of the molecule is COc1ccc(OC)c2c1CN(Cn1c(SC(F)F)nc3ccccc31)C[C@H]2O. The fourth-order valence-corrected chi connectivity index (χ4v) is 4.41. The van der Waals surface area contributed by atoms with Crippen molar-refractivity contribution in [3.05, 3.63) is 47.5 Å². The average molecular weight is 421 g/mol. The largest absolute Gasteiger partial charge is 0.496 e. The Labute approximate surface area is 171 Å². The van der Waals surface area contributed by atoms with Gasteiger partial charge in [0, 0.05) is 24.2 Å². The number of thioether (sulfide) groups is 1. The second-order valence-corrected chi connectivity index (χ2v) is 7.68. The molecule has 0 fully saturated rings. The monoisotopic (exact) mass is 421 g/mol. The number of β-amino-alcohol motifs (C(OH)–C–C–N with tert-alkyl or cyclic N) is 1. The van der Waals surface area contributed by atoms with Gasteiger partial charge in [0.25, 0.3) is 5.76 Å². The number of aromatic nitrogens is 2. The summed E-state index contributed by atoms with van der Waals surface area (Å²) in [4.78, 5) is 6.34. The van der Waals surface area contributed by atoms with Crippen LogP contribution in [-0.2, 0) is 13.2 Å². The molecule has 6 nitrogen and oxygen atoms in total. The van der Waals surface area contributed by atoms with Crippen molar-refractivity contribution in [3.63, 3.8) is 0 Å². The predicted octanol–water partition coefficient (Wildman–Crippen LogP) is 3.87. The zero-order valence-electron chi connectivity index (χ0n) is 16.0. The molecular formula is C20H21F2N3O3S. The van der Waals surface area contributed by atoms with Gasteiger partial charge >= 0.3 is 0 Å². The lowest BCUT2D eigenvalue weighted by Gasteiger charge is -2.34. The van der Waals surface area contributed by atoms with E-state index in [0.717, 1.165) is 11.1 Å². The van der Waals surface area contributed by atoms with Gasteiger partial charge in [-0.3, -0.25) is 4.90 Å². The van der Waals surface area contributed by atoms with Gasteiger partial charge in [0.1, 0.15) is 11.5 Å². The third kappa shape index (κ3) is 3.77. The third-order valence-corrected chi connectivity index (χ3v) is 5.72. The second-order valence-electron chi connectivity index (χ2n) is 6.72. The van der Waals surface area contributed by atoms with Gasteiger partial charge in [0.2, 0.25) is 0 Å². The first-order chi connectivity index (χ1) is 14.0. The van der Waals surface area contributed by atoms with E-state index in [0.29, 0.717) is 54.1 Å². The van der Waals surface area contributed by atoms with Crippen LogP contribution in [0.25, 0.3) is 11.0 Å². The van der Waals surface area contributed by atoms with Crippen molar-refractivity contribution in [3.8, 4) is 11.5 Å². The van der Waals surface area contributed by atoms with E-state index in [1.807, 2.05) is 23.1 Å². The molecule has 1 aromatic heterocycles. The number of aliphatic hydroxyl groups excluding tert-OH is 1. The normalized spacial score (nSPS) is 17.0. The molecule has 0 unspecified atom stereocenters.